The summed E-state index contributed by atoms with van der Waals surface area (Å²) < 4.78 is 5.82. The molecule has 35 heavy (non-hydrogen) atoms. The van der Waals surface area contributed by atoms with E-state index in [0.717, 1.165) is 50.0 Å². The third-order valence-corrected chi connectivity index (χ3v) is 7.78. The lowest BCUT2D eigenvalue weighted by Gasteiger charge is -2.41. The van der Waals surface area contributed by atoms with Gasteiger partial charge in [-0.3, -0.25) is 15.2 Å². The standard InChI is InChI=1S/C24H33N9O2/c1-14-20(25)24(13-35-14)6-10-32(11-7-24)17-12-30-19(21(26)31-17)22(27)33-9-3-4-15-16(33)5-8-29-18(15)23(34)28-2/h5,8,12,14,20,27H,3-4,6-7,9-11,13,25H2,1-2H3,(H2,26,31)(H,28,34). The van der Waals surface area contributed by atoms with Crippen LogP contribution in [0.4, 0.5) is 17.3 Å². The van der Waals surface area contributed by atoms with E-state index in [1.807, 2.05) is 17.9 Å². The molecule has 3 aliphatic heterocycles. The lowest BCUT2D eigenvalue weighted by molar-refractivity contribution is 0.0956. The number of hydrogen-bond acceptors (Lipinski definition) is 9. The van der Waals surface area contributed by atoms with E-state index in [9.17, 15) is 4.79 Å². The summed E-state index contributed by atoms with van der Waals surface area (Å²) in [5.74, 6) is 0.855. The highest BCUT2D eigenvalue weighted by atomic mass is 16.5. The molecule has 1 amide bonds. The Hall–Kier alpha value is -3.31. The van der Waals surface area contributed by atoms with Crippen LogP contribution in [0.5, 0.6) is 0 Å². The van der Waals surface area contributed by atoms with Crippen LogP contribution in [0, 0.1) is 10.8 Å². The first-order chi connectivity index (χ1) is 16.8. The molecule has 1 spiro atoms. The second kappa shape index (κ2) is 9.04. The number of ether oxygens (including phenoxy) is 1. The number of amides is 1. The first-order valence-corrected chi connectivity index (χ1v) is 12.2. The molecule has 2 aromatic heterocycles. The number of amidine groups is 1. The Bertz CT molecular complexity index is 1150. The van der Waals surface area contributed by atoms with E-state index in [1.165, 1.54) is 0 Å². The zero-order chi connectivity index (χ0) is 24.7. The van der Waals surface area contributed by atoms with Crippen LogP contribution in [0.15, 0.2) is 18.5 Å². The van der Waals surface area contributed by atoms with Crippen LogP contribution in [0.3, 0.4) is 0 Å². The van der Waals surface area contributed by atoms with E-state index >= 15 is 0 Å². The Balaban J connectivity index is 1.34. The second-order valence-corrected chi connectivity index (χ2v) is 9.69. The molecule has 3 aliphatic rings. The molecule has 0 bridgehead atoms. The summed E-state index contributed by atoms with van der Waals surface area (Å²) in [5.41, 5.74) is 15.1. The van der Waals surface area contributed by atoms with Crippen molar-refractivity contribution in [3.63, 3.8) is 0 Å². The van der Waals surface area contributed by atoms with Crippen LogP contribution in [-0.4, -0.2) is 72.1 Å². The summed E-state index contributed by atoms with van der Waals surface area (Å²) in [6, 6.07) is 1.88. The Morgan fingerprint density at radius 3 is 2.69 bits per heavy atom. The second-order valence-electron chi connectivity index (χ2n) is 9.69. The van der Waals surface area contributed by atoms with Gasteiger partial charge in [0.05, 0.1) is 18.9 Å². The molecule has 11 heteroatoms. The van der Waals surface area contributed by atoms with Gasteiger partial charge in [-0.2, -0.15) is 0 Å². The fourth-order valence-corrected chi connectivity index (χ4v) is 5.57. The smallest absolute Gasteiger partial charge is 0.269 e. The number of nitrogens with two attached hydrogens (primary N) is 2. The van der Waals surface area contributed by atoms with E-state index in [-0.39, 0.29) is 35.1 Å². The van der Waals surface area contributed by atoms with Crippen molar-refractivity contribution in [2.75, 3.05) is 48.8 Å². The average Bonchev–Trinajstić information content (AvgIpc) is 3.16. The minimum absolute atomic E-state index is 0.0288. The number of rotatable bonds is 3. The maximum Gasteiger partial charge on any atom is 0.269 e. The molecular formula is C24H33N9O2. The average molecular weight is 480 g/mol. The van der Waals surface area contributed by atoms with Crippen LogP contribution in [0.2, 0.25) is 0 Å². The highest BCUT2D eigenvalue weighted by molar-refractivity contribution is 6.10. The first kappa shape index (κ1) is 23.4. The monoisotopic (exact) mass is 479 g/mol. The number of pyridine rings is 1. The van der Waals surface area contributed by atoms with Crippen molar-refractivity contribution in [1.82, 2.24) is 20.3 Å². The predicted molar refractivity (Wildman–Crippen MR) is 134 cm³/mol. The van der Waals surface area contributed by atoms with Gasteiger partial charge in [-0.15, -0.1) is 0 Å². The minimum Gasteiger partial charge on any atom is -0.382 e. The minimum atomic E-state index is -0.234. The molecule has 2 saturated heterocycles. The highest BCUT2D eigenvalue weighted by Gasteiger charge is 2.47. The normalized spacial score (nSPS) is 23.3. The van der Waals surface area contributed by atoms with Gasteiger partial charge in [0.15, 0.2) is 11.7 Å². The van der Waals surface area contributed by atoms with Gasteiger partial charge in [0.2, 0.25) is 0 Å². The van der Waals surface area contributed by atoms with Crippen molar-refractivity contribution in [3.05, 3.63) is 35.4 Å². The SMILES string of the molecule is CNC(=O)c1nccc2c1CCCN2C(=N)c1ncc(N2CCC3(CC2)COC(C)C3N)nc1N. The van der Waals surface area contributed by atoms with Gasteiger partial charge >= 0.3 is 0 Å². The highest BCUT2D eigenvalue weighted by Crippen LogP contribution is 2.41. The number of carbonyl (C=O) groups excluding carboxylic acids is 1. The van der Waals surface area contributed by atoms with Gasteiger partial charge in [-0.05, 0) is 38.7 Å². The van der Waals surface area contributed by atoms with Gasteiger partial charge in [0.1, 0.15) is 17.2 Å². The summed E-state index contributed by atoms with van der Waals surface area (Å²) in [6.07, 6.45) is 6.76. The van der Waals surface area contributed by atoms with E-state index in [4.69, 9.17) is 21.6 Å². The molecule has 11 nitrogen and oxygen atoms in total. The van der Waals surface area contributed by atoms with Gasteiger partial charge in [0.25, 0.3) is 5.91 Å². The number of nitrogen functional groups attached to an aromatic ring is 1. The molecule has 0 saturated carbocycles. The molecule has 186 valence electrons. The van der Waals surface area contributed by atoms with Crippen molar-refractivity contribution in [2.24, 2.45) is 11.1 Å². The summed E-state index contributed by atoms with van der Waals surface area (Å²) in [5, 5.41) is 11.5. The predicted octanol–water partition coefficient (Wildman–Crippen LogP) is 0.924. The van der Waals surface area contributed by atoms with Crippen LogP contribution in [-0.2, 0) is 11.2 Å². The Kier molecular flexibility index (Phi) is 6.06. The zero-order valence-electron chi connectivity index (χ0n) is 20.3. The number of hydrogen-bond donors (Lipinski definition) is 4. The van der Waals surface area contributed by atoms with Crippen LogP contribution >= 0.6 is 0 Å². The fraction of sp³-hybridized carbons (Fsp3) is 0.542. The fourth-order valence-electron chi connectivity index (χ4n) is 5.57. The molecule has 5 rings (SSSR count). The van der Waals surface area contributed by atoms with E-state index in [1.54, 1.807) is 19.4 Å². The number of piperidine rings is 1. The number of aromatic nitrogens is 3. The van der Waals surface area contributed by atoms with Crippen LogP contribution in [0.1, 0.15) is 47.9 Å². The van der Waals surface area contributed by atoms with Gasteiger partial charge < -0.3 is 31.3 Å². The summed E-state index contributed by atoms with van der Waals surface area (Å²) in [7, 11) is 1.59. The number of anilines is 3. The molecular weight excluding hydrogens is 446 g/mol. The maximum absolute atomic E-state index is 12.3. The molecule has 5 heterocycles. The van der Waals surface area contributed by atoms with E-state index in [0.29, 0.717) is 30.4 Å². The number of carbonyl (C=O) groups is 1. The number of nitrogens with zero attached hydrogens (tertiary/aromatic N) is 5. The van der Waals surface area contributed by atoms with Gasteiger partial charge in [0, 0.05) is 55.6 Å². The van der Waals surface area contributed by atoms with Crippen molar-refractivity contribution in [2.45, 2.75) is 44.8 Å². The molecule has 0 radical (unpaired) electrons. The van der Waals surface area contributed by atoms with Crippen LogP contribution in [0.25, 0.3) is 0 Å². The molecule has 2 fully saturated rings. The summed E-state index contributed by atoms with van der Waals surface area (Å²) in [4.78, 5) is 29.7. The van der Waals surface area contributed by atoms with Gasteiger partial charge in [-0.25, -0.2) is 9.97 Å². The molecule has 6 N–H and O–H groups in total. The Morgan fingerprint density at radius 1 is 1.26 bits per heavy atom. The first-order valence-electron chi connectivity index (χ1n) is 12.2. The largest absolute Gasteiger partial charge is 0.382 e. The van der Waals surface area contributed by atoms with E-state index in [2.05, 4.69) is 25.2 Å². The van der Waals surface area contributed by atoms with Crippen molar-refractivity contribution in [1.29, 1.82) is 5.41 Å². The molecule has 2 unspecified atom stereocenters. The molecule has 0 aromatic carbocycles. The number of nitrogens with one attached hydrogen (secondary N) is 2. The van der Waals surface area contributed by atoms with Crippen molar-refractivity contribution < 1.29 is 9.53 Å². The topological polar surface area (TPSA) is 159 Å². The van der Waals surface area contributed by atoms with Gasteiger partial charge in [-0.1, -0.05) is 0 Å². The quantitative estimate of drug-likeness (QED) is 0.371. The third kappa shape index (κ3) is 3.98. The summed E-state index contributed by atoms with van der Waals surface area (Å²) >= 11 is 0. The molecule has 2 aromatic rings. The van der Waals surface area contributed by atoms with Crippen LogP contribution < -0.4 is 26.6 Å². The lowest BCUT2D eigenvalue weighted by Crippen LogP contribution is -2.50. The Morgan fingerprint density at radius 2 is 2.03 bits per heavy atom. The zero-order valence-corrected chi connectivity index (χ0v) is 20.3. The van der Waals surface area contributed by atoms with Crippen molar-refractivity contribution in [3.8, 4) is 0 Å². The Labute approximate surface area is 204 Å². The number of fused-ring (bicyclic) bond motifs is 1. The maximum atomic E-state index is 12.3. The summed E-state index contributed by atoms with van der Waals surface area (Å²) in [6.45, 7) is 5.00. The molecule has 2 atom stereocenters. The van der Waals surface area contributed by atoms with Crippen molar-refractivity contribution >= 4 is 29.1 Å². The van der Waals surface area contributed by atoms with E-state index < -0.39 is 0 Å². The third-order valence-electron chi connectivity index (χ3n) is 7.78. The molecule has 0 aliphatic carbocycles. The lowest BCUT2D eigenvalue weighted by atomic mass is 9.73.